The molecule has 126 valence electrons. The van der Waals surface area contributed by atoms with Crippen molar-refractivity contribution >= 4 is 5.91 Å². The maximum Gasteiger partial charge on any atom is 0.416 e. The van der Waals surface area contributed by atoms with Gasteiger partial charge in [-0.1, -0.05) is 0 Å². The molecule has 3 rings (SSSR count). The Morgan fingerprint density at radius 3 is 2.35 bits per heavy atom. The smallest absolute Gasteiger partial charge is 0.349 e. The average Bonchev–Trinajstić information content (AvgIpc) is 2.50. The summed E-state index contributed by atoms with van der Waals surface area (Å²) < 4.78 is 39.5. The molecule has 1 heterocycles. The number of benzene rings is 1. The van der Waals surface area contributed by atoms with Crippen molar-refractivity contribution in [2.75, 3.05) is 13.1 Å². The molecule has 2 fully saturated rings. The highest BCUT2D eigenvalue weighted by Crippen LogP contribution is 2.34. The maximum absolute atomic E-state index is 13.2. The molecular weight excluding hydrogens is 305 g/mol. The van der Waals surface area contributed by atoms with Gasteiger partial charge in [0.25, 0.3) is 5.91 Å². The first-order chi connectivity index (χ1) is 10.9. The average molecular weight is 326 g/mol. The Balaban J connectivity index is 1.88. The van der Waals surface area contributed by atoms with E-state index in [1.165, 1.54) is 6.07 Å². The lowest BCUT2D eigenvalue weighted by molar-refractivity contribution is -0.137. The van der Waals surface area contributed by atoms with Gasteiger partial charge in [-0.3, -0.25) is 4.79 Å². The van der Waals surface area contributed by atoms with Gasteiger partial charge in [0, 0.05) is 11.6 Å². The van der Waals surface area contributed by atoms with Gasteiger partial charge in [-0.25, -0.2) is 0 Å². The van der Waals surface area contributed by atoms with E-state index >= 15 is 0 Å². The first-order valence-electron chi connectivity index (χ1n) is 8.17. The first kappa shape index (κ1) is 16.3. The fraction of sp³-hybridized carbons (Fsp3) is 0.588. The van der Waals surface area contributed by atoms with Crippen LogP contribution in [-0.2, 0) is 6.18 Å². The number of hydrogen-bond acceptors (Lipinski definition) is 2. The number of piperidine rings is 1. The molecule has 6 heteroatoms. The Morgan fingerprint density at radius 1 is 1.09 bits per heavy atom. The van der Waals surface area contributed by atoms with Crippen LogP contribution in [0.2, 0.25) is 0 Å². The summed E-state index contributed by atoms with van der Waals surface area (Å²) in [6, 6.07) is 3.92. The quantitative estimate of drug-likeness (QED) is 0.893. The van der Waals surface area contributed by atoms with E-state index in [1.54, 1.807) is 6.07 Å². The zero-order chi connectivity index (χ0) is 16.4. The number of nitrogens with one attached hydrogen (secondary N) is 2. The van der Waals surface area contributed by atoms with Gasteiger partial charge in [0.05, 0.1) is 5.56 Å². The summed E-state index contributed by atoms with van der Waals surface area (Å²) in [6.45, 7) is 1.59. The van der Waals surface area contributed by atoms with E-state index in [4.69, 9.17) is 0 Å². The molecule has 0 atom stereocenters. The number of hydrogen-bond donors (Lipinski definition) is 2. The lowest BCUT2D eigenvalue weighted by atomic mass is 9.87. The van der Waals surface area contributed by atoms with Gasteiger partial charge in [-0.2, -0.15) is 13.2 Å². The zero-order valence-corrected chi connectivity index (χ0v) is 12.9. The molecule has 1 aliphatic heterocycles. The van der Waals surface area contributed by atoms with Crippen molar-refractivity contribution in [3.63, 3.8) is 0 Å². The van der Waals surface area contributed by atoms with Gasteiger partial charge in [0.1, 0.15) is 0 Å². The van der Waals surface area contributed by atoms with Crippen LogP contribution in [0.25, 0.3) is 0 Å². The molecule has 0 aromatic heterocycles. The van der Waals surface area contributed by atoms with E-state index < -0.39 is 17.6 Å². The minimum absolute atomic E-state index is 0.0776. The van der Waals surface area contributed by atoms with Crippen molar-refractivity contribution < 1.29 is 18.0 Å². The summed E-state index contributed by atoms with van der Waals surface area (Å²) in [5.41, 5.74) is 0.0210. The molecule has 1 amide bonds. The van der Waals surface area contributed by atoms with Crippen LogP contribution in [0.5, 0.6) is 0 Å². The second-order valence-corrected chi connectivity index (χ2v) is 6.47. The van der Waals surface area contributed by atoms with Gasteiger partial charge in [0.15, 0.2) is 0 Å². The Labute approximate surface area is 133 Å². The molecule has 0 bridgehead atoms. The fourth-order valence-electron chi connectivity index (χ4n) is 3.16. The lowest BCUT2D eigenvalue weighted by Crippen LogP contribution is -2.39. The van der Waals surface area contributed by atoms with Crippen molar-refractivity contribution in [1.29, 1.82) is 0 Å². The first-order valence-corrected chi connectivity index (χ1v) is 8.17. The van der Waals surface area contributed by atoms with Crippen molar-refractivity contribution in [2.45, 2.75) is 50.2 Å². The highest BCUT2D eigenvalue weighted by atomic mass is 19.4. The minimum Gasteiger partial charge on any atom is -0.349 e. The molecule has 0 radical (unpaired) electrons. The summed E-state index contributed by atoms with van der Waals surface area (Å²) >= 11 is 0. The predicted octanol–water partition coefficient (Wildman–Crippen LogP) is 3.45. The molecule has 2 N–H and O–H groups in total. The highest BCUT2D eigenvalue weighted by Gasteiger charge is 2.33. The van der Waals surface area contributed by atoms with Crippen molar-refractivity contribution in [1.82, 2.24) is 10.6 Å². The van der Waals surface area contributed by atoms with Gasteiger partial charge in [-0.05, 0) is 74.9 Å². The molecule has 1 aliphatic carbocycles. The summed E-state index contributed by atoms with van der Waals surface area (Å²) in [6.07, 6.45) is 0.0377. The molecule has 0 unspecified atom stereocenters. The Bertz CT molecular complexity index is 576. The number of halogens is 3. The van der Waals surface area contributed by atoms with E-state index in [2.05, 4.69) is 10.6 Å². The third kappa shape index (κ3) is 3.86. The zero-order valence-electron chi connectivity index (χ0n) is 12.9. The molecule has 23 heavy (non-hydrogen) atoms. The number of rotatable bonds is 3. The van der Waals surface area contributed by atoms with Crippen LogP contribution < -0.4 is 10.6 Å². The summed E-state index contributed by atoms with van der Waals surface area (Å²) in [7, 11) is 0. The van der Waals surface area contributed by atoms with E-state index in [0.717, 1.165) is 51.3 Å². The molecule has 0 spiro atoms. The molecule has 1 saturated heterocycles. The van der Waals surface area contributed by atoms with Crippen LogP contribution in [0, 0.1) is 0 Å². The standard InChI is InChI=1S/C17H21F3N2O/c18-17(19,20)14-9-12(11-4-6-21-7-5-11)8-13(10-14)16(23)22-15-2-1-3-15/h8-11,15,21H,1-7H2,(H,22,23). The highest BCUT2D eigenvalue weighted by molar-refractivity contribution is 5.95. The molecule has 3 nitrogen and oxygen atoms in total. The molecular formula is C17H21F3N2O. The SMILES string of the molecule is O=C(NC1CCC1)c1cc(C2CCNCC2)cc(C(F)(F)F)c1. The topological polar surface area (TPSA) is 41.1 Å². The summed E-state index contributed by atoms with van der Waals surface area (Å²) in [4.78, 5) is 12.3. The Morgan fingerprint density at radius 2 is 1.78 bits per heavy atom. The number of carbonyl (C=O) groups excluding carboxylic acids is 1. The maximum atomic E-state index is 13.2. The van der Waals surface area contributed by atoms with Gasteiger partial charge < -0.3 is 10.6 Å². The fourth-order valence-corrected chi connectivity index (χ4v) is 3.16. The number of amides is 1. The van der Waals surface area contributed by atoms with Gasteiger partial charge >= 0.3 is 6.18 Å². The van der Waals surface area contributed by atoms with Gasteiger partial charge in [-0.15, -0.1) is 0 Å². The van der Waals surface area contributed by atoms with Crippen LogP contribution in [0.4, 0.5) is 13.2 Å². The van der Waals surface area contributed by atoms with Crippen molar-refractivity contribution in [3.05, 3.63) is 34.9 Å². The third-order valence-electron chi connectivity index (χ3n) is 4.80. The third-order valence-corrected chi connectivity index (χ3v) is 4.80. The van der Waals surface area contributed by atoms with E-state index in [9.17, 15) is 18.0 Å². The Kier molecular flexibility index (Phi) is 4.62. The van der Waals surface area contributed by atoms with E-state index in [1.807, 2.05) is 0 Å². The molecule has 1 saturated carbocycles. The minimum atomic E-state index is -4.44. The molecule has 2 aliphatic rings. The van der Waals surface area contributed by atoms with Crippen LogP contribution in [-0.4, -0.2) is 25.0 Å². The summed E-state index contributed by atoms with van der Waals surface area (Å²) in [5, 5.41) is 6.03. The molecule has 1 aromatic rings. The normalized spacial score (nSPS) is 20.1. The van der Waals surface area contributed by atoms with Crippen LogP contribution in [0.1, 0.15) is 59.5 Å². The van der Waals surface area contributed by atoms with E-state index in [-0.39, 0.29) is 17.5 Å². The van der Waals surface area contributed by atoms with Crippen molar-refractivity contribution in [2.24, 2.45) is 0 Å². The Hall–Kier alpha value is -1.56. The van der Waals surface area contributed by atoms with Crippen LogP contribution in [0.15, 0.2) is 18.2 Å². The molecule has 1 aromatic carbocycles. The number of alkyl halides is 3. The van der Waals surface area contributed by atoms with Crippen LogP contribution >= 0.6 is 0 Å². The second kappa shape index (κ2) is 6.51. The van der Waals surface area contributed by atoms with Crippen molar-refractivity contribution in [3.8, 4) is 0 Å². The summed E-state index contributed by atoms with van der Waals surface area (Å²) in [5.74, 6) is -0.315. The largest absolute Gasteiger partial charge is 0.416 e. The monoisotopic (exact) mass is 326 g/mol. The van der Waals surface area contributed by atoms with Crippen LogP contribution in [0.3, 0.4) is 0 Å². The predicted molar refractivity (Wildman–Crippen MR) is 81.4 cm³/mol. The lowest BCUT2D eigenvalue weighted by Gasteiger charge is -2.27. The van der Waals surface area contributed by atoms with E-state index in [0.29, 0.717) is 5.56 Å². The van der Waals surface area contributed by atoms with Gasteiger partial charge in [0.2, 0.25) is 0 Å². The number of carbonyl (C=O) groups is 1. The second-order valence-electron chi connectivity index (χ2n) is 6.47.